The van der Waals surface area contributed by atoms with E-state index in [1.165, 1.54) is 6.66 Å². The summed E-state index contributed by atoms with van der Waals surface area (Å²) in [6.07, 6.45) is 0. The topological polar surface area (TPSA) is 60.2 Å². The molecular weight excluding hydrogens is 149 g/mol. The minimum absolute atomic E-state index is 0.0982. The Kier molecular flexibility index (Phi) is 3.26. The zero-order valence-electron chi connectivity index (χ0n) is 6.57. The van der Waals surface area contributed by atoms with Gasteiger partial charge in [-0.3, -0.25) is 4.79 Å². The maximum absolute atomic E-state index is 11.2. The van der Waals surface area contributed by atoms with Gasteiger partial charge < -0.3 is 10.3 Å². The Hall–Kier alpha value is -0.140. The summed E-state index contributed by atoms with van der Waals surface area (Å²) in [4.78, 5) is 10.2. The van der Waals surface area contributed by atoms with Gasteiger partial charge in [-0.05, 0) is 12.6 Å². The molecule has 0 radical (unpaired) electrons. The van der Waals surface area contributed by atoms with E-state index in [0.717, 1.165) is 0 Å². The van der Waals surface area contributed by atoms with Crippen molar-refractivity contribution in [2.75, 3.05) is 6.66 Å². The molecule has 2 N–H and O–H groups in total. The number of carbonyl (C=O) groups is 1. The number of hydrogen-bond donors (Lipinski definition) is 1. The van der Waals surface area contributed by atoms with Gasteiger partial charge in [0.15, 0.2) is 13.2 Å². The van der Waals surface area contributed by atoms with Gasteiger partial charge in [0.25, 0.3) is 0 Å². The first-order chi connectivity index (χ1) is 4.41. The highest BCUT2D eigenvalue weighted by molar-refractivity contribution is 7.78. The molecule has 0 rings (SSSR count). The third kappa shape index (κ3) is 2.24. The molecule has 0 saturated heterocycles. The normalized spacial score (nSPS) is 20.1. The third-order valence-corrected chi connectivity index (χ3v) is 3.68. The van der Waals surface area contributed by atoms with Crippen molar-refractivity contribution in [2.24, 2.45) is 11.7 Å². The summed E-state index contributed by atoms with van der Waals surface area (Å²) in [7, 11) is -2.72. The Morgan fingerprint density at radius 3 is 2.00 bits per heavy atom. The van der Waals surface area contributed by atoms with Crippen LogP contribution in [0.1, 0.15) is 13.8 Å². The van der Waals surface area contributed by atoms with Crippen molar-refractivity contribution in [2.45, 2.75) is 19.6 Å². The van der Waals surface area contributed by atoms with Crippen molar-refractivity contribution in [3.63, 3.8) is 0 Å². The van der Waals surface area contributed by atoms with Crippen molar-refractivity contribution in [1.29, 1.82) is 0 Å². The van der Waals surface area contributed by atoms with E-state index in [-0.39, 0.29) is 5.92 Å². The van der Waals surface area contributed by atoms with Crippen LogP contribution in [0.15, 0.2) is 0 Å². The molecule has 3 nitrogen and oxygen atoms in total. The second-order valence-corrected chi connectivity index (χ2v) is 5.82. The second-order valence-electron chi connectivity index (χ2n) is 2.90. The molecule has 0 aromatic heterocycles. The van der Waals surface area contributed by atoms with E-state index < -0.39 is 12.9 Å². The van der Waals surface area contributed by atoms with Gasteiger partial charge in [-0.2, -0.15) is 0 Å². The summed E-state index contributed by atoms with van der Waals surface area (Å²) in [5, 5.41) is 0. The molecule has 0 bridgehead atoms. The van der Waals surface area contributed by atoms with E-state index in [4.69, 9.17) is 5.73 Å². The largest absolute Gasteiger partial charge is 0.321 e. The molecule has 0 aromatic carbocycles. The number of carbonyl (C=O) groups excluding carboxylic acids is 1. The molecule has 0 heterocycles. The molecule has 0 spiro atoms. The summed E-state index contributed by atoms with van der Waals surface area (Å²) in [6, 6.07) is 0.484. The first kappa shape index (κ1) is 9.86. The molecule has 0 aliphatic carbocycles. The zero-order valence-corrected chi connectivity index (χ0v) is 7.47. The average molecular weight is 163 g/mol. The van der Waals surface area contributed by atoms with Crippen LogP contribution in [-0.2, 0) is 9.36 Å². The first-order valence-electron chi connectivity index (χ1n) is 3.20. The molecule has 10 heavy (non-hydrogen) atoms. The number of rotatable bonds is 3. The predicted octanol–water partition coefficient (Wildman–Crippen LogP) is 1.11. The smallest absolute Gasteiger partial charge is 0.180 e. The molecule has 2 unspecified atom stereocenters. The minimum atomic E-state index is -2.72. The molecule has 0 aliphatic rings. The lowest BCUT2D eigenvalue weighted by Crippen LogP contribution is -2.26. The van der Waals surface area contributed by atoms with Crippen LogP contribution in [0.3, 0.4) is 0 Å². The van der Waals surface area contributed by atoms with E-state index in [2.05, 4.69) is 0 Å². The van der Waals surface area contributed by atoms with Gasteiger partial charge in [-0.15, -0.1) is 0 Å². The van der Waals surface area contributed by atoms with Gasteiger partial charge in [0.05, 0.1) is 5.78 Å². The van der Waals surface area contributed by atoms with E-state index >= 15 is 0 Å². The highest BCUT2D eigenvalue weighted by Crippen LogP contribution is 2.43. The predicted molar refractivity (Wildman–Crippen MR) is 43.1 cm³/mol. The van der Waals surface area contributed by atoms with Crippen LogP contribution in [0.4, 0.5) is 0 Å². The van der Waals surface area contributed by atoms with Gasteiger partial charge in [-0.25, -0.2) is 0 Å². The van der Waals surface area contributed by atoms with Crippen molar-refractivity contribution < 1.29 is 9.36 Å². The lowest BCUT2D eigenvalue weighted by atomic mass is 10.2. The van der Waals surface area contributed by atoms with Crippen molar-refractivity contribution >= 4 is 13.2 Å². The molecule has 0 amide bonds. The van der Waals surface area contributed by atoms with Crippen LogP contribution in [0, 0.1) is 5.92 Å². The van der Waals surface area contributed by atoms with Crippen LogP contribution in [0.25, 0.3) is 0 Å². The summed E-state index contributed by atoms with van der Waals surface area (Å²) < 4.78 is 11.2. The molecule has 60 valence electrons. The second kappa shape index (κ2) is 3.31. The molecule has 0 fully saturated rings. The van der Waals surface area contributed by atoms with Crippen molar-refractivity contribution in [1.82, 2.24) is 0 Å². The first-order valence-corrected chi connectivity index (χ1v) is 5.50. The molecule has 0 aliphatic heterocycles. The molecule has 0 aromatic rings. The maximum atomic E-state index is 11.2. The van der Waals surface area contributed by atoms with E-state index in [1.807, 2.05) is 13.8 Å². The summed E-state index contributed by atoms with van der Waals surface area (Å²) in [5.41, 5.74) is 5.51. The fourth-order valence-electron chi connectivity index (χ4n) is 0.662. The number of nitrogens with two attached hydrogens (primary N) is 1. The molecular formula is C6H14NO2P. The minimum Gasteiger partial charge on any atom is -0.321 e. The van der Waals surface area contributed by atoms with Crippen molar-refractivity contribution in [3.05, 3.63) is 0 Å². The Bertz CT molecular complexity index is 167. The SMILES string of the molecule is CC(C)C(N)P(C)(=O)C=O. The highest BCUT2D eigenvalue weighted by atomic mass is 31.2. The monoisotopic (exact) mass is 163 g/mol. The lowest BCUT2D eigenvalue weighted by molar-refractivity contribution is 0.529. The van der Waals surface area contributed by atoms with Crippen LogP contribution >= 0.6 is 7.14 Å². The van der Waals surface area contributed by atoms with Gasteiger partial charge in [0.2, 0.25) is 0 Å². The Morgan fingerprint density at radius 2 is 1.90 bits per heavy atom. The highest BCUT2D eigenvalue weighted by Gasteiger charge is 2.26. The fraction of sp³-hybridized carbons (Fsp3) is 0.833. The Morgan fingerprint density at radius 1 is 1.50 bits per heavy atom. The van der Waals surface area contributed by atoms with E-state index in [9.17, 15) is 9.36 Å². The quantitative estimate of drug-likeness (QED) is 0.500. The van der Waals surface area contributed by atoms with Crippen LogP contribution in [-0.4, -0.2) is 18.5 Å². The molecule has 4 heteroatoms. The Balaban J connectivity index is 4.33. The van der Waals surface area contributed by atoms with Gasteiger partial charge in [-0.1, -0.05) is 13.8 Å². The van der Waals surface area contributed by atoms with E-state index in [0.29, 0.717) is 6.03 Å². The van der Waals surface area contributed by atoms with Gasteiger partial charge in [0, 0.05) is 0 Å². The van der Waals surface area contributed by atoms with Crippen LogP contribution in [0.2, 0.25) is 0 Å². The fourth-order valence-corrected chi connectivity index (χ4v) is 1.99. The zero-order chi connectivity index (χ0) is 8.36. The van der Waals surface area contributed by atoms with Gasteiger partial charge >= 0.3 is 0 Å². The van der Waals surface area contributed by atoms with Crippen LogP contribution in [0.5, 0.6) is 0 Å². The third-order valence-electron chi connectivity index (χ3n) is 1.48. The van der Waals surface area contributed by atoms with Crippen molar-refractivity contribution in [3.8, 4) is 0 Å². The average Bonchev–Trinajstić information content (AvgIpc) is 1.86. The van der Waals surface area contributed by atoms with E-state index in [1.54, 1.807) is 0 Å². The van der Waals surface area contributed by atoms with Crippen LogP contribution < -0.4 is 5.73 Å². The van der Waals surface area contributed by atoms with Gasteiger partial charge in [0.1, 0.15) is 0 Å². The Labute approximate surface area is 61.4 Å². The summed E-state index contributed by atoms with van der Waals surface area (Å²) in [6.45, 7) is 5.12. The summed E-state index contributed by atoms with van der Waals surface area (Å²) >= 11 is 0. The molecule has 0 saturated carbocycles. The molecule has 2 atom stereocenters. The standard InChI is InChI=1S/C6H14NO2P/c1-5(2)6(7)10(3,9)4-8/h4-6H,7H2,1-3H3. The summed E-state index contributed by atoms with van der Waals surface area (Å²) in [5.74, 6) is -0.383. The number of hydrogen-bond acceptors (Lipinski definition) is 3. The lowest BCUT2D eigenvalue weighted by Gasteiger charge is -2.18. The maximum Gasteiger partial charge on any atom is 0.180 e.